The van der Waals surface area contributed by atoms with Gasteiger partial charge in [-0.15, -0.1) is 11.8 Å². The molecule has 37 heavy (non-hydrogen) atoms. The largest absolute Gasteiger partial charge is 0.490 e. The number of rotatable bonds is 13. The van der Waals surface area contributed by atoms with E-state index in [2.05, 4.69) is 5.32 Å². The lowest BCUT2D eigenvalue weighted by Gasteiger charge is -2.13. The Morgan fingerprint density at radius 1 is 0.838 bits per heavy atom. The molecule has 7 nitrogen and oxygen atoms in total. The molecule has 194 valence electrons. The van der Waals surface area contributed by atoms with E-state index in [1.807, 2.05) is 45.0 Å². The number of ether oxygens (including phenoxy) is 3. The highest BCUT2D eigenvalue weighted by atomic mass is 32.2. The van der Waals surface area contributed by atoms with E-state index in [-0.39, 0.29) is 16.9 Å². The van der Waals surface area contributed by atoms with Crippen LogP contribution in [-0.2, 0) is 9.53 Å². The van der Waals surface area contributed by atoms with Crippen LogP contribution in [-0.4, -0.2) is 49.8 Å². The molecular weight excluding hydrogens is 490 g/mol. The first-order valence-electron chi connectivity index (χ1n) is 12.1. The summed E-state index contributed by atoms with van der Waals surface area (Å²) in [6.45, 7) is 6.60. The number of amides is 1. The maximum Gasteiger partial charge on any atom is 0.339 e. The van der Waals surface area contributed by atoms with Crippen LogP contribution in [0.4, 0.5) is 0 Å². The van der Waals surface area contributed by atoms with Gasteiger partial charge in [0.25, 0.3) is 5.91 Å². The zero-order valence-corrected chi connectivity index (χ0v) is 22.1. The highest BCUT2D eigenvalue weighted by molar-refractivity contribution is 7.99. The molecule has 0 atom stereocenters. The second-order valence-electron chi connectivity index (χ2n) is 7.99. The van der Waals surface area contributed by atoms with Crippen molar-refractivity contribution < 1.29 is 28.6 Å². The van der Waals surface area contributed by atoms with Crippen LogP contribution in [0.15, 0.2) is 71.6 Å². The van der Waals surface area contributed by atoms with Gasteiger partial charge in [-0.25, -0.2) is 4.79 Å². The molecular formula is C29H31NO6S. The van der Waals surface area contributed by atoms with Crippen LogP contribution in [0.3, 0.4) is 0 Å². The molecule has 3 aromatic rings. The Balaban J connectivity index is 1.58. The van der Waals surface area contributed by atoms with Crippen LogP contribution >= 0.6 is 11.8 Å². The number of hydrogen-bond acceptors (Lipinski definition) is 7. The fraction of sp³-hybridized carbons (Fsp3) is 0.276. The van der Waals surface area contributed by atoms with Gasteiger partial charge in [0.15, 0.2) is 23.9 Å². The fourth-order valence-corrected chi connectivity index (χ4v) is 4.23. The Bertz CT molecular complexity index is 1230. The fourth-order valence-electron chi connectivity index (χ4n) is 3.46. The number of aryl methyl sites for hydroxylation is 1. The van der Waals surface area contributed by atoms with Gasteiger partial charge in [0.05, 0.1) is 18.8 Å². The van der Waals surface area contributed by atoms with Gasteiger partial charge in [0.2, 0.25) is 0 Å². The van der Waals surface area contributed by atoms with Crippen molar-refractivity contribution in [2.45, 2.75) is 25.7 Å². The summed E-state index contributed by atoms with van der Waals surface area (Å²) < 4.78 is 16.4. The van der Waals surface area contributed by atoms with Crippen LogP contribution in [0.1, 0.15) is 45.7 Å². The highest BCUT2D eigenvalue weighted by Gasteiger charge is 2.21. The maximum absolute atomic E-state index is 13.3. The molecule has 1 N–H and O–H groups in total. The van der Waals surface area contributed by atoms with Crippen molar-refractivity contribution in [3.8, 4) is 11.5 Å². The van der Waals surface area contributed by atoms with E-state index >= 15 is 0 Å². The molecule has 0 aliphatic carbocycles. The molecule has 0 saturated heterocycles. The third-order valence-corrected chi connectivity index (χ3v) is 6.26. The number of nitrogens with one attached hydrogen (secondary N) is 1. The lowest BCUT2D eigenvalue weighted by Crippen LogP contribution is -2.30. The minimum absolute atomic E-state index is 0.0853. The Hall–Kier alpha value is -3.78. The summed E-state index contributed by atoms with van der Waals surface area (Å²) in [5.41, 5.74) is 1.80. The van der Waals surface area contributed by atoms with Crippen molar-refractivity contribution in [3.05, 3.63) is 89.0 Å². The van der Waals surface area contributed by atoms with Crippen molar-refractivity contribution in [1.82, 2.24) is 5.32 Å². The number of ketones is 1. The maximum atomic E-state index is 13.3. The van der Waals surface area contributed by atoms with Gasteiger partial charge in [-0.2, -0.15) is 0 Å². The number of benzene rings is 3. The van der Waals surface area contributed by atoms with Crippen molar-refractivity contribution in [1.29, 1.82) is 0 Å². The molecule has 1 amide bonds. The van der Waals surface area contributed by atoms with Crippen molar-refractivity contribution in [2.75, 3.05) is 32.1 Å². The number of esters is 1. The first-order valence-corrected chi connectivity index (χ1v) is 13.1. The van der Waals surface area contributed by atoms with E-state index < -0.39 is 18.5 Å². The molecule has 0 radical (unpaired) electrons. The van der Waals surface area contributed by atoms with E-state index in [1.165, 1.54) is 11.6 Å². The summed E-state index contributed by atoms with van der Waals surface area (Å²) in [6.07, 6.45) is 0. The van der Waals surface area contributed by atoms with Crippen LogP contribution in [0.5, 0.6) is 11.5 Å². The third-order valence-electron chi connectivity index (χ3n) is 5.25. The molecule has 0 saturated carbocycles. The first-order chi connectivity index (χ1) is 17.9. The zero-order chi connectivity index (χ0) is 26.6. The summed E-state index contributed by atoms with van der Waals surface area (Å²) in [4.78, 5) is 39.3. The normalized spacial score (nSPS) is 10.5. The Labute approximate surface area is 221 Å². The van der Waals surface area contributed by atoms with E-state index in [9.17, 15) is 14.4 Å². The monoisotopic (exact) mass is 521 g/mol. The molecule has 0 aromatic heterocycles. The molecule has 3 aromatic carbocycles. The van der Waals surface area contributed by atoms with Gasteiger partial charge in [0.1, 0.15) is 0 Å². The van der Waals surface area contributed by atoms with E-state index in [1.54, 1.807) is 48.2 Å². The molecule has 8 heteroatoms. The summed E-state index contributed by atoms with van der Waals surface area (Å²) in [5, 5.41) is 2.74. The van der Waals surface area contributed by atoms with Crippen molar-refractivity contribution >= 4 is 29.4 Å². The van der Waals surface area contributed by atoms with Gasteiger partial charge < -0.3 is 19.5 Å². The van der Waals surface area contributed by atoms with E-state index in [0.29, 0.717) is 42.6 Å². The summed E-state index contributed by atoms with van der Waals surface area (Å²) in [5.74, 6) is 0.156. The molecule has 0 aliphatic rings. The Kier molecular flexibility index (Phi) is 10.6. The Morgan fingerprint density at radius 3 is 2.22 bits per heavy atom. The minimum atomic E-state index is -0.746. The summed E-state index contributed by atoms with van der Waals surface area (Å²) in [6, 6.07) is 19.4. The summed E-state index contributed by atoms with van der Waals surface area (Å²) in [7, 11) is 0. The average Bonchev–Trinajstić information content (AvgIpc) is 2.91. The van der Waals surface area contributed by atoms with Gasteiger partial charge >= 0.3 is 5.97 Å². The molecule has 3 rings (SSSR count). The molecule has 0 fully saturated rings. The Morgan fingerprint density at radius 2 is 1.51 bits per heavy atom. The molecule has 0 unspecified atom stereocenters. The van der Waals surface area contributed by atoms with Crippen molar-refractivity contribution in [3.63, 3.8) is 0 Å². The number of thioether (sulfide) groups is 1. The predicted octanol–water partition coefficient (Wildman–Crippen LogP) is 5.09. The van der Waals surface area contributed by atoms with Gasteiger partial charge in [0, 0.05) is 28.3 Å². The first kappa shape index (κ1) is 27.8. The van der Waals surface area contributed by atoms with Crippen LogP contribution in [0, 0.1) is 6.92 Å². The number of carbonyl (C=O) groups is 3. The summed E-state index contributed by atoms with van der Waals surface area (Å²) >= 11 is 1.63. The van der Waals surface area contributed by atoms with Crippen LogP contribution in [0.2, 0.25) is 0 Å². The number of carbonyl (C=O) groups excluding carboxylic acids is 3. The minimum Gasteiger partial charge on any atom is -0.490 e. The topological polar surface area (TPSA) is 90.9 Å². The molecule has 0 aliphatic heterocycles. The lowest BCUT2D eigenvalue weighted by molar-refractivity contribution is -0.124. The van der Waals surface area contributed by atoms with Gasteiger partial charge in [-0.1, -0.05) is 35.9 Å². The molecule has 0 bridgehead atoms. The third kappa shape index (κ3) is 8.11. The quantitative estimate of drug-likeness (QED) is 0.145. The smallest absolute Gasteiger partial charge is 0.339 e. The second-order valence-corrected chi connectivity index (χ2v) is 9.16. The SMILES string of the molecule is CCOc1ccc(C(=O)c2ccccc2C(=O)OCC(=O)NCCSc2ccc(C)cc2)cc1OCC. The van der Waals surface area contributed by atoms with E-state index in [0.717, 1.165) is 4.90 Å². The average molecular weight is 522 g/mol. The van der Waals surface area contributed by atoms with Gasteiger partial charge in [-0.05, 0) is 57.2 Å². The number of hydrogen-bond donors (Lipinski definition) is 1. The molecule has 0 spiro atoms. The van der Waals surface area contributed by atoms with E-state index in [4.69, 9.17) is 14.2 Å². The highest BCUT2D eigenvalue weighted by Crippen LogP contribution is 2.30. The standard InChI is InChI=1S/C29H31NO6S/c1-4-34-25-15-12-21(18-26(25)35-5-2)28(32)23-8-6-7-9-24(23)29(33)36-19-27(31)30-16-17-37-22-13-10-20(3)11-14-22/h6-15,18H,4-5,16-17,19H2,1-3H3,(H,30,31). The zero-order valence-electron chi connectivity index (χ0n) is 21.2. The van der Waals surface area contributed by atoms with Gasteiger partial charge in [-0.3, -0.25) is 9.59 Å². The van der Waals surface area contributed by atoms with Crippen LogP contribution < -0.4 is 14.8 Å². The predicted molar refractivity (Wildman–Crippen MR) is 144 cm³/mol. The second kappa shape index (κ2) is 14.1. The van der Waals surface area contributed by atoms with Crippen LogP contribution in [0.25, 0.3) is 0 Å². The lowest BCUT2D eigenvalue weighted by atomic mass is 9.98. The molecule has 0 heterocycles. The van der Waals surface area contributed by atoms with Crippen molar-refractivity contribution in [2.24, 2.45) is 0 Å².